The van der Waals surface area contributed by atoms with Gasteiger partial charge in [-0.3, -0.25) is 14.4 Å². The molecule has 2 aliphatic heterocycles. The van der Waals surface area contributed by atoms with Gasteiger partial charge in [0.15, 0.2) is 0 Å². The van der Waals surface area contributed by atoms with Crippen LogP contribution in [-0.2, 0) is 32.0 Å². The van der Waals surface area contributed by atoms with Crippen molar-refractivity contribution in [3.8, 4) is 11.1 Å². The Hall–Kier alpha value is -4.12. The van der Waals surface area contributed by atoms with Crippen LogP contribution in [0.25, 0.3) is 11.1 Å². The van der Waals surface area contributed by atoms with Gasteiger partial charge in [-0.25, -0.2) is 4.39 Å². The molecule has 0 aromatic heterocycles. The van der Waals surface area contributed by atoms with Crippen LogP contribution in [0.3, 0.4) is 0 Å². The Kier molecular flexibility index (Phi) is 13.5. The lowest BCUT2D eigenvalue weighted by Gasteiger charge is -2.35. The summed E-state index contributed by atoms with van der Waals surface area (Å²) in [5, 5.41) is 6.45. The van der Waals surface area contributed by atoms with Crippen LogP contribution in [0.5, 0.6) is 0 Å². The highest BCUT2D eigenvalue weighted by Gasteiger charge is 2.35. The maximum absolute atomic E-state index is 14.5. The SMILES string of the molecule is CN1CCCC1CCNC(=O)[C@@H](Cc1ccc(F)cc1)N(C)C(=O)[C@@H](Cc1ccc(-c2ccccc2)cc1)N(C)C(=O)COC[C@H]1CCCN1. The molecule has 2 fully saturated rings. The van der Waals surface area contributed by atoms with E-state index in [1.165, 1.54) is 21.9 Å². The van der Waals surface area contributed by atoms with Crippen molar-refractivity contribution in [2.24, 2.45) is 0 Å². The lowest BCUT2D eigenvalue weighted by molar-refractivity contribution is -0.149. The molecule has 4 atom stereocenters. The number of carbonyl (C=O) groups is 3. The molecule has 3 aromatic rings. The van der Waals surface area contributed by atoms with Crippen molar-refractivity contribution in [1.82, 2.24) is 25.3 Å². The fraction of sp³-hybridized carbons (Fsp3) is 0.475. The smallest absolute Gasteiger partial charge is 0.249 e. The van der Waals surface area contributed by atoms with Crippen LogP contribution in [0.15, 0.2) is 78.9 Å². The summed E-state index contributed by atoms with van der Waals surface area (Å²) in [6.45, 7) is 2.75. The number of hydrogen-bond donors (Lipinski definition) is 2. The molecular formula is C40H52FN5O4. The molecule has 2 heterocycles. The number of hydrogen-bond acceptors (Lipinski definition) is 6. The largest absolute Gasteiger partial charge is 0.370 e. The van der Waals surface area contributed by atoms with Gasteiger partial charge < -0.3 is 30.1 Å². The third-order valence-electron chi connectivity index (χ3n) is 10.3. The average molecular weight is 686 g/mol. The molecule has 0 aliphatic carbocycles. The molecule has 3 aromatic carbocycles. The molecule has 2 N–H and O–H groups in total. The van der Waals surface area contributed by atoms with E-state index >= 15 is 0 Å². The van der Waals surface area contributed by atoms with Crippen LogP contribution >= 0.6 is 0 Å². The Labute approximate surface area is 296 Å². The van der Waals surface area contributed by atoms with E-state index in [2.05, 4.69) is 22.6 Å². The van der Waals surface area contributed by atoms with Crippen molar-refractivity contribution in [1.29, 1.82) is 0 Å². The first-order chi connectivity index (χ1) is 24.2. The Morgan fingerprint density at radius 1 is 0.880 bits per heavy atom. The van der Waals surface area contributed by atoms with E-state index in [0.29, 0.717) is 19.2 Å². The van der Waals surface area contributed by atoms with Gasteiger partial charge >= 0.3 is 0 Å². The van der Waals surface area contributed by atoms with Gasteiger partial charge in [0.2, 0.25) is 17.7 Å². The Bertz CT molecular complexity index is 1530. The van der Waals surface area contributed by atoms with E-state index in [0.717, 1.165) is 67.4 Å². The molecule has 9 nitrogen and oxygen atoms in total. The van der Waals surface area contributed by atoms with Crippen molar-refractivity contribution in [2.45, 2.75) is 69.1 Å². The minimum absolute atomic E-state index is 0.149. The summed E-state index contributed by atoms with van der Waals surface area (Å²) in [7, 11) is 5.35. The van der Waals surface area contributed by atoms with Crippen molar-refractivity contribution in [2.75, 3.05) is 54.0 Å². The molecule has 5 rings (SSSR count). The van der Waals surface area contributed by atoms with Gasteiger partial charge in [0.1, 0.15) is 24.5 Å². The zero-order chi connectivity index (χ0) is 35.5. The van der Waals surface area contributed by atoms with Crippen molar-refractivity contribution in [3.05, 3.63) is 95.8 Å². The molecule has 10 heteroatoms. The molecule has 0 radical (unpaired) electrons. The number of nitrogens with one attached hydrogen (secondary N) is 2. The number of benzene rings is 3. The third-order valence-corrected chi connectivity index (χ3v) is 10.3. The van der Waals surface area contributed by atoms with E-state index in [9.17, 15) is 18.8 Å². The standard InChI is InChI=1S/C40H52FN5O4/c1-44-24-8-12-35(44)21-23-43-39(48)36(25-30-15-19-33(41)20-16-30)46(3)40(49)37(45(2)38(47)28-50-27-34-11-7-22-42-34)26-29-13-17-32(18-14-29)31-9-5-4-6-10-31/h4-6,9-10,13-20,34-37,42H,7-8,11-12,21-28H2,1-3H3,(H,43,48)/t34-,35?,36-,37-/m1/s1. The van der Waals surface area contributed by atoms with E-state index in [4.69, 9.17) is 4.74 Å². The second kappa shape index (κ2) is 18.2. The summed E-state index contributed by atoms with van der Waals surface area (Å²) in [5.74, 6) is -1.32. The first-order valence-electron chi connectivity index (χ1n) is 17.9. The molecule has 0 bridgehead atoms. The van der Waals surface area contributed by atoms with Gasteiger partial charge in [-0.15, -0.1) is 0 Å². The molecule has 2 saturated heterocycles. The highest BCUT2D eigenvalue weighted by atomic mass is 19.1. The molecule has 2 aliphatic rings. The monoisotopic (exact) mass is 685 g/mol. The quantitative estimate of drug-likeness (QED) is 0.234. The zero-order valence-electron chi connectivity index (χ0n) is 29.7. The van der Waals surface area contributed by atoms with E-state index in [1.807, 2.05) is 54.6 Å². The lowest BCUT2D eigenvalue weighted by Crippen LogP contribution is -2.56. The molecule has 0 saturated carbocycles. The van der Waals surface area contributed by atoms with Crippen molar-refractivity contribution >= 4 is 17.7 Å². The van der Waals surface area contributed by atoms with E-state index in [-0.39, 0.29) is 49.0 Å². The van der Waals surface area contributed by atoms with E-state index < -0.39 is 12.1 Å². The molecule has 50 heavy (non-hydrogen) atoms. The zero-order valence-corrected chi connectivity index (χ0v) is 29.7. The summed E-state index contributed by atoms with van der Waals surface area (Å²) in [4.78, 5) is 47.1. The minimum atomic E-state index is -0.890. The number of ether oxygens (including phenoxy) is 1. The number of rotatable bonds is 16. The maximum atomic E-state index is 14.5. The maximum Gasteiger partial charge on any atom is 0.249 e. The highest BCUT2D eigenvalue weighted by Crippen LogP contribution is 2.22. The van der Waals surface area contributed by atoms with Crippen LogP contribution in [-0.4, -0.2) is 111 Å². The number of likely N-dealkylation sites (N-methyl/N-ethyl adjacent to an activating group) is 2. The highest BCUT2D eigenvalue weighted by molar-refractivity contribution is 5.92. The van der Waals surface area contributed by atoms with Gasteiger partial charge in [-0.1, -0.05) is 66.7 Å². The molecule has 1 unspecified atom stereocenters. The fourth-order valence-electron chi connectivity index (χ4n) is 7.00. The average Bonchev–Trinajstić information content (AvgIpc) is 3.81. The Balaban J connectivity index is 1.34. The third kappa shape index (κ3) is 10.2. The Morgan fingerprint density at radius 2 is 1.54 bits per heavy atom. The second-order valence-electron chi connectivity index (χ2n) is 13.7. The topological polar surface area (TPSA) is 94.2 Å². The van der Waals surface area contributed by atoms with Gasteiger partial charge in [0, 0.05) is 45.6 Å². The molecular weight excluding hydrogens is 633 g/mol. The minimum Gasteiger partial charge on any atom is -0.370 e. The summed E-state index contributed by atoms with van der Waals surface area (Å²) < 4.78 is 19.6. The van der Waals surface area contributed by atoms with Crippen LogP contribution in [0.1, 0.15) is 43.2 Å². The predicted molar refractivity (Wildman–Crippen MR) is 194 cm³/mol. The summed E-state index contributed by atoms with van der Waals surface area (Å²) >= 11 is 0. The second-order valence-corrected chi connectivity index (χ2v) is 13.7. The van der Waals surface area contributed by atoms with Crippen LogP contribution < -0.4 is 10.6 Å². The summed E-state index contributed by atoms with van der Waals surface area (Å²) in [6, 6.07) is 22.9. The Morgan fingerprint density at radius 3 is 2.18 bits per heavy atom. The number of likely N-dealkylation sites (tertiary alicyclic amines) is 1. The van der Waals surface area contributed by atoms with Gasteiger partial charge in [-0.05, 0) is 86.6 Å². The van der Waals surface area contributed by atoms with Crippen LogP contribution in [0.2, 0.25) is 0 Å². The summed E-state index contributed by atoms with van der Waals surface area (Å²) in [6.07, 6.45) is 5.60. The predicted octanol–water partition coefficient (Wildman–Crippen LogP) is 4.30. The molecule has 0 spiro atoms. The van der Waals surface area contributed by atoms with Crippen LogP contribution in [0.4, 0.5) is 4.39 Å². The number of halogens is 1. The lowest BCUT2D eigenvalue weighted by atomic mass is 9.98. The van der Waals surface area contributed by atoms with Crippen molar-refractivity contribution < 1.29 is 23.5 Å². The van der Waals surface area contributed by atoms with Gasteiger partial charge in [0.25, 0.3) is 0 Å². The molecule has 268 valence electrons. The molecule has 3 amide bonds. The normalized spacial score (nSPS) is 18.8. The number of nitrogens with zero attached hydrogens (tertiary/aromatic N) is 3. The number of amides is 3. The van der Waals surface area contributed by atoms with Gasteiger partial charge in [0.05, 0.1) is 6.61 Å². The van der Waals surface area contributed by atoms with Crippen molar-refractivity contribution in [3.63, 3.8) is 0 Å². The number of carbonyl (C=O) groups excluding carboxylic acids is 3. The first-order valence-corrected chi connectivity index (χ1v) is 17.9. The van der Waals surface area contributed by atoms with Gasteiger partial charge in [-0.2, -0.15) is 0 Å². The fourth-order valence-corrected chi connectivity index (χ4v) is 7.00. The first kappa shape index (κ1) is 37.1. The van der Waals surface area contributed by atoms with Crippen LogP contribution in [0, 0.1) is 5.82 Å². The summed E-state index contributed by atoms with van der Waals surface area (Å²) in [5.41, 5.74) is 3.75. The van der Waals surface area contributed by atoms with E-state index in [1.54, 1.807) is 26.2 Å².